The number of nitrogens with one attached hydrogen (secondary N) is 2. The van der Waals surface area contributed by atoms with Gasteiger partial charge in [-0.1, -0.05) is 72.8 Å². The van der Waals surface area contributed by atoms with Crippen LogP contribution in [0.4, 0.5) is 4.79 Å². The van der Waals surface area contributed by atoms with Crippen molar-refractivity contribution in [1.82, 2.24) is 20.4 Å². The molecule has 1 aliphatic carbocycles. The van der Waals surface area contributed by atoms with E-state index in [9.17, 15) is 19.2 Å². The normalized spacial score (nSPS) is 14.3. The van der Waals surface area contributed by atoms with Gasteiger partial charge in [-0.3, -0.25) is 14.4 Å². The Balaban J connectivity index is 1.57. The lowest BCUT2D eigenvalue weighted by Gasteiger charge is -2.35. The van der Waals surface area contributed by atoms with Gasteiger partial charge in [0.1, 0.15) is 18.7 Å². The maximum atomic E-state index is 14.3. The van der Waals surface area contributed by atoms with Crippen molar-refractivity contribution in [3.8, 4) is 0 Å². The first-order valence-electron chi connectivity index (χ1n) is 15.3. The minimum atomic E-state index is -1.19. The van der Waals surface area contributed by atoms with Crippen LogP contribution in [0.5, 0.6) is 0 Å². The Hall–Kier alpha value is -4.44. The summed E-state index contributed by atoms with van der Waals surface area (Å²) in [6.07, 6.45) is 1.54. The van der Waals surface area contributed by atoms with Crippen molar-refractivity contribution in [2.75, 3.05) is 33.9 Å². The van der Waals surface area contributed by atoms with E-state index in [1.807, 2.05) is 72.8 Å². The van der Waals surface area contributed by atoms with Crippen molar-refractivity contribution in [2.24, 2.45) is 5.92 Å². The number of likely N-dealkylation sites (N-methyl/N-ethyl adjacent to an activating group) is 2. The maximum Gasteiger partial charge on any atom is 0.405 e. The van der Waals surface area contributed by atoms with Gasteiger partial charge >= 0.3 is 6.09 Å². The number of nitrogens with zero attached hydrogens (tertiary/aromatic N) is 2. The van der Waals surface area contributed by atoms with Crippen LogP contribution in [0.2, 0.25) is 0 Å². The second-order valence-corrected chi connectivity index (χ2v) is 12.6. The third-order valence-corrected chi connectivity index (χ3v) is 8.17. The van der Waals surface area contributed by atoms with E-state index in [2.05, 4.69) is 10.6 Å². The molecule has 0 aromatic heterocycles. The van der Waals surface area contributed by atoms with Crippen LogP contribution in [0.15, 0.2) is 72.8 Å². The largest absolute Gasteiger partial charge is 0.465 e. The summed E-state index contributed by atoms with van der Waals surface area (Å²) in [5.41, 5.74) is 0.875. The second-order valence-electron chi connectivity index (χ2n) is 12.6. The van der Waals surface area contributed by atoms with E-state index in [1.54, 1.807) is 27.9 Å². The molecule has 10 heteroatoms. The van der Waals surface area contributed by atoms with Gasteiger partial charge in [-0.05, 0) is 54.5 Å². The topological polar surface area (TPSA) is 128 Å². The number of ether oxygens (including phenoxy) is 1. The van der Waals surface area contributed by atoms with Crippen molar-refractivity contribution in [3.05, 3.63) is 83.9 Å². The van der Waals surface area contributed by atoms with Gasteiger partial charge in [0, 0.05) is 33.5 Å². The van der Waals surface area contributed by atoms with Gasteiger partial charge in [0.2, 0.25) is 17.7 Å². The lowest BCUT2D eigenvalue weighted by atomic mass is 9.98. The number of hydrogen-bond donors (Lipinski definition) is 3. The molecule has 0 unspecified atom stereocenters. The van der Waals surface area contributed by atoms with Crippen molar-refractivity contribution >= 4 is 34.6 Å². The Morgan fingerprint density at radius 1 is 0.867 bits per heavy atom. The Labute approximate surface area is 264 Å². The minimum absolute atomic E-state index is 0.0393. The quantitative estimate of drug-likeness (QED) is 0.238. The van der Waals surface area contributed by atoms with Crippen LogP contribution in [-0.2, 0) is 32.0 Å². The fourth-order valence-corrected chi connectivity index (χ4v) is 5.29. The molecule has 45 heavy (non-hydrogen) atoms. The highest BCUT2D eigenvalue weighted by molar-refractivity contribution is 5.93. The van der Waals surface area contributed by atoms with Crippen LogP contribution in [0, 0.1) is 5.92 Å². The van der Waals surface area contributed by atoms with Crippen molar-refractivity contribution in [3.63, 3.8) is 0 Å². The third kappa shape index (κ3) is 9.78. The molecule has 10 nitrogen and oxygen atoms in total. The van der Waals surface area contributed by atoms with Gasteiger partial charge in [0.15, 0.2) is 0 Å². The highest BCUT2D eigenvalue weighted by atomic mass is 16.5. The zero-order valence-electron chi connectivity index (χ0n) is 26.5. The number of amides is 4. The summed E-state index contributed by atoms with van der Waals surface area (Å²) in [5.74, 6) is -0.551. The first-order valence-corrected chi connectivity index (χ1v) is 15.3. The molecule has 2 atom stereocenters. The summed E-state index contributed by atoms with van der Waals surface area (Å²) in [6, 6.07) is 21.7. The van der Waals surface area contributed by atoms with E-state index in [-0.39, 0.29) is 31.4 Å². The third-order valence-electron chi connectivity index (χ3n) is 8.17. The number of fused-ring (bicyclic) bond motifs is 1. The molecule has 0 saturated heterocycles. The predicted octanol–water partition coefficient (Wildman–Crippen LogP) is 3.87. The van der Waals surface area contributed by atoms with Crippen LogP contribution < -0.4 is 10.6 Å². The van der Waals surface area contributed by atoms with E-state index >= 15 is 0 Å². The van der Waals surface area contributed by atoms with Gasteiger partial charge in [-0.25, -0.2) is 4.79 Å². The summed E-state index contributed by atoms with van der Waals surface area (Å²) in [6.45, 7) is 3.49. The van der Waals surface area contributed by atoms with Crippen LogP contribution >= 0.6 is 0 Å². The molecule has 4 rings (SSSR count). The molecule has 0 spiro atoms. The number of carbonyl (C=O) groups is 4. The molecule has 3 aromatic rings. The summed E-state index contributed by atoms with van der Waals surface area (Å²) in [5, 5.41) is 16.5. The summed E-state index contributed by atoms with van der Waals surface area (Å²) >= 11 is 0. The van der Waals surface area contributed by atoms with Crippen molar-refractivity contribution < 1.29 is 29.0 Å². The average molecular weight is 617 g/mol. The highest BCUT2D eigenvalue weighted by Gasteiger charge is 2.36. The molecule has 3 aromatic carbocycles. The number of carboxylic acid groups (broad SMARTS) is 1. The SMILES string of the molecule is CN(C(=O)COCC(C)(C)NC(=O)O)[C@H](Cc1ccc2ccccc2c1)C(=O)N(C)[C@H](Cc1ccccc1)C(=O)NCC1CC1. The monoisotopic (exact) mass is 616 g/mol. The fourth-order valence-electron chi connectivity index (χ4n) is 5.29. The zero-order valence-corrected chi connectivity index (χ0v) is 26.5. The van der Waals surface area contributed by atoms with Gasteiger partial charge in [0.25, 0.3) is 0 Å². The molecule has 0 radical (unpaired) electrons. The van der Waals surface area contributed by atoms with E-state index in [4.69, 9.17) is 9.84 Å². The van der Waals surface area contributed by atoms with Gasteiger partial charge in [0.05, 0.1) is 12.1 Å². The Bertz CT molecular complexity index is 1490. The molecular weight excluding hydrogens is 572 g/mol. The lowest BCUT2D eigenvalue weighted by molar-refractivity contribution is -0.149. The first-order chi connectivity index (χ1) is 21.4. The Morgan fingerprint density at radius 3 is 2.18 bits per heavy atom. The van der Waals surface area contributed by atoms with Gasteiger partial charge in [-0.15, -0.1) is 0 Å². The molecule has 1 fully saturated rings. The molecule has 240 valence electrons. The van der Waals surface area contributed by atoms with Crippen LogP contribution in [0.25, 0.3) is 10.8 Å². The molecular formula is C35H44N4O6. The minimum Gasteiger partial charge on any atom is -0.465 e. The Morgan fingerprint density at radius 2 is 1.51 bits per heavy atom. The molecule has 0 aliphatic heterocycles. The summed E-state index contributed by atoms with van der Waals surface area (Å²) in [7, 11) is 3.18. The average Bonchev–Trinajstić information content (AvgIpc) is 3.84. The first kappa shape index (κ1) is 33.5. The van der Waals surface area contributed by atoms with Crippen LogP contribution in [0.3, 0.4) is 0 Å². The summed E-state index contributed by atoms with van der Waals surface area (Å²) in [4.78, 5) is 55.2. The van der Waals surface area contributed by atoms with Gasteiger partial charge in [-0.2, -0.15) is 0 Å². The standard InChI is InChI=1S/C35H44N4O6/c1-35(2,37-34(43)44)23-45-22-31(40)38(3)30(20-26-16-17-27-12-8-9-13-28(27)18-26)33(42)39(4)29(19-24-10-6-5-7-11-24)32(41)36-21-25-14-15-25/h5-13,16-18,25,29-30,37H,14-15,19-23H2,1-4H3,(H,36,41)(H,43,44)/t29-,30-/m1/s1. The molecule has 4 amide bonds. The second kappa shape index (κ2) is 15.0. The number of benzene rings is 3. The van der Waals surface area contributed by atoms with E-state index in [1.165, 1.54) is 9.80 Å². The van der Waals surface area contributed by atoms with E-state index < -0.39 is 29.6 Å². The van der Waals surface area contributed by atoms with Crippen LogP contribution in [-0.4, -0.2) is 90.2 Å². The van der Waals surface area contributed by atoms with Crippen molar-refractivity contribution in [2.45, 2.75) is 57.2 Å². The predicted molar refractivity (Wildman–Crippen MR) is 173 cm³/mol. The van der Waals surface area contributed by atoms with E-state index in [0.717, 1.165) is 34.7 Å². The number of rotatable bonds is 15. The Kier molecular flexibility index (Phi) is 11.2. The lowest BCUT2D eigenvalue weighted by Crippen LogP contribution is -2.56. The van der Waals surface area contributed by atoms with Crippen LogP contribution in [0.1, 0.15) is 37.8 Å². The fraction of sp³-hybridized carbons (Fsp3) is 0.429. The number of carbonyl (C=O) groups excluding carboxylic acids is 3. The molecule has 3 N–H and O–H groups in total. The summed E-state index contributed by atoms with van der Waals surface area (Å²) < 4.78 is 5.60. The van der Waals surface area contributed by atoms with Gasteiger partial charge < -0.3 is 30.3 Å². The maximum absolute atomic E-state index is 14.3. The van der Waals surface area contributed by atoms with E-state index in [0.29, 0.717) is 18.9 Å². The molecule has 1 aliphatic rings. The molecule has 0 bridgehead atoms. The van der Waals surface area contributed by atoms with Crippen molar-refractivity contribution in [1.29, 1.82) is 0 Å². The smallest absolute Gasteiger partial charge is 0.405 e. The molecule has 0 heterocycles. The highest BCUT2D eigenvalue weighted by Crippen LogP contribution is 2.27. The number of hydrogen-bond acceptors (Lipinski definition) is 5. The molecule has 1 saturated carbocycles. The zero-order chi connectivity index (χ0) is 32.6.